The third-order valence-electron chi connectivity index (χ3n) is 8.11. The molecule has 3 aliphatic rings. The molecule has 5 heterocycles. The van der Waals surface area contributed by atoms with Crippen molar-refractivity contribution >= 4 is 44.9 Å². The molecule has 6 rings (SSSR count). The Labute approximate surface area is 223 Å². The zero-order valence-corrected chi connectivity index (χ0v) is 22.9. The van der Waals surface area contributed by atoms with Gasteiger partial charge in [0.25, 0.3) is 0 Å². The predicted octanol–water partition coefficient (Wildman–Crippen LogP) is 7.14. The van der Waals surface area contributed by atoms with Gasteiger partial charge in [-0.25, -0.2) is 9.97 Å². The van der Waals surface area contributed by atoms with Crippen LogP contribution < -0.4 is 9.97 Å². The summed E-state index contributed by atoms with van der Waals surface area (Å²) >= 11 is 0. The number of aryl methyl sites for hydroxylation is 5. The van der Waals surface area contributed by atoms with E-state index in [-0.39, 0.29) is 16.5 Å². The fourth-order valence-corrected chi connectivity index (χ4v) is 6.05. The van der Waals surface area contributed by atoms with E-state index in [1.165, 1.54) is 44.5 Å². The first kappa shape index (κ1) is 24.8. The number of hydrogen-bond acceptors (Lipinski definition) is 2. The number of hydrogen-bond donors (Lipinski definition) is 0. The van der Waals surface area contributed by atoms with Crippen LogP contribution in [-0.4, -0.2) is 9.97 Å². The van der Waals surface area contributed by atoms with Crippen molar-refractivity contribution in [3.05, 3.63) is 68.8 Å². The van der Waals surface area contributed by atoms with Gasteiger partial charge in [-0.15, -0.1) is 22.1 Å². The molecule has 0 unspecified atom stereocenters. The summed E-state index contributed by atoms with van der Waals surface area (Å²) in [5, 5.41) is 0. The molecule has 3 aromatic rings. The summed E-state index contributed by atoms with van der Waals surface area (Å²) in [5.74, 6) is 0. The average molecular weight is 519 g/mol. The van der Waals surface area contributed by atoms with Crippen LogP contribution in [-0.2, 0) is 35.8 Å². The fraction of sp³-hybridized carbons (Fsp3) is 0.355. The van der Waals surface area contributed by atoms with Crippen LogP contribution in [0.4, 0.5) is 0 Å². The Morgan fingerprint density at radius 3 is 2.19 bits per heavy atom. The van der Waals surface area contributed by atoms with E-state index < -0.39 is 0 Å². The number of allylic oxidation sites excluding steroid dienone is 3. The Bertz CT molecular complexity index is 1630. The molecule has 2 aliphatic heterocycles. The zero-order chi connectivity index (χ0) is 24.4. The third kappa shape index (κ3) is 3.63. The molecule has 0 aromatic carbocycles. The maximum atomic E-state index is 5.18. The Hall–Kier alpha value is -2.91. The maximum Gasteiger partial charge on any atom is 2.00 e. The van der Waals surface area contributed by atoms with Crippen molar-refractivity contribution in [2.45, 2.75) is 73.6 Å². The molecule has 0 amide bonds. The van der Waals surface area contributed by atoms with Gasteiger partial charge in [0.15, 0.2) is 0 Å². The van der Waals surface area contributed by atoms with Crippen LogP contribution in [0, 0.1) is 13.8 Å². The van der Waals surface area contributed by atoms with Crippen LogP contribution in [0.5, 0.6) is 0 Å². The number of rotatable bonds is 3. The van der Waals surface area contributed by atoms with Crippen LogP contribution >= 0.6 is 0 Å². The SMILES string of the molecule is CCC1=Cc2cc3[n-]c(cc4nc(cc5[n-]c6c(c1n2)CCc6c5C)C(CC)=C4C)c(CC)c3C.[Ni+2]. The first-order valence-corrected chi connectivity index (χ1v) is 13.0. The molecule has 0 radical (unpaired) electrons. The molecule has 8 bridgehead atoms. The van der Waals surface area contributed by atoms with Gasteiger partial charge in [0, 0.05) is 0 Å². The van der Waals surface area contributed by atoms with E-state index in [0.29, 0.717) is 0 Å². The summed E-state index contributed by atoms with van der Waals surface area (Å²) in [7, 11) is 0. The largest absolute Gasteiger partial charge is 2.00 e. The Balaban J connectivity index is 0.00000267. The molecule has 0 N–H and O–H groups in total. The molecular formula is C31H32N4Ni. The van der Waals surface area contributed by atoms with E-state index in [9.17, 15) is 0 Å². The van der Waals surface area contributed by atoms with Crippen molar-refractivity contribution in [2.24, 2.45) is 0 Å². The van der Waals surface area contributed by atoms with Crippen LogP contribution in [0.2, 0.25) is 0 Å². The van der Waals surface area contributed by atoms with E-state index >= 15 is 0 Å². The first-order valence-electron chi connectivity index (χ1n) is 13.0. The van der Waals surface area contributed by atoms with Crippen LogP contribution in [0.1, 0.15) is 91.1 Å². The fourth-order valence-electron chi connectivity index (χ4n) is 6.05. The molecule has 0 spiro atoms. The van der Waals surface area contributed by atoms with Crippen molar-refractivity contribution in [1.29, 1.82) is 0 Å². The minimum absolute atomic E-state index is 0. The topological polar surface area (TPSA) is 54.0 Å². The summed E-state index contributed by atoms with van der Waals surface area (Å²) in [6.07, 6.45) is 7.13. The quantitative estimate of drug-likeness (QED) is 0.345. The normalized spacial score (nSPS) is 14.3. The van der Waals surface area contributed by atoms with Gasteiger partial charge in [0.2, 0.25) is 0 Å². The van der Waals surface area contributed by atoms with Crippen molar-refractivity contribution in [2.75, 3.05) is 0 Å². The second kappa shape index (κ2) is 9.19. The second-order valence-corrected chi connectivity index (χ2v) is 9.95. The van der Waals surface area contributed by atoms with Crippen molar-refractivity contribution in [3.8, 4) is 0 Å². The average Bonchev–Trinajstić information content (AvgIpc) is 3.62. The Morgan fingerprint density at radius 1 is 0.750 bits per heavy atom. The van der Waals surface area contributed by atoms with E-state index in [1.807, 2.05) is 0 Å². The Kier molecular flexibility index (Phi) is 6.33. The minimum Gasteiger partial charge on any atom is -0.657 e. The van der Waals surface area contributed by atoms with Gasteiger partial charge < -0.3 is 9.97 Å². The van der Waals surface area contributed by atoms with Crippen molar-refractivity contribution < 1.29 is 16.5 Å². The molecule has 186 valence electrons. The van der Waals surface area contributed by atoms with E-state index in [2.05, 4.69) is 65.8 Å². The molecule has 0 saturated carbocycles. The molecule has 0 saturated heterocycles. The van der Waals surface area contributed by atoms with Gasteiger partial charge in [0.05, 0.1) is 22.8 Å². The summed E-state index contributed by atoms with van der Waals surface area (Å²) in [6, 6.07) is 6.54. The number of aromatic nitrogens is 4. The molecule has 4 nitrogen and oxygen atoms in total. The minimum atomic E-state index is 0. The summed E-state index contributed by atoms with van der Waals surface area (Å²) < 4.78 is 0. The molecular weight excluding hydrogens is 487 g/mol. The van der Waals surface area contributed by atoms with Gasteiger partial charge in [-0.1, -0.05) is 61.2 Å². The van der Waals surface area contributed by atoms with E-state index in [4.69, 9.17) is 19.9 Å². The van der Waals surface area contributed by atoms with E-state index in [1.54, 1.807) is 0 Å². The van der Waals surface area contributed by atoms with E-state index in [0.717, 1.165) is 76.9 Å². The molecule has 0 atom stereocenters. The number of nitrogens with zero attached hydrogens (tertiary/aromatic N) is 4. The molecule has 1 aliphatic carbocycles. The van der Waals surface area contributed by atoms with Gasteiger partial charge >= 0.3 is 16.5 Å². The van der Waals surface area contributed by atoms with Crippen LogP contribution in [0.3, 0.4) is 0 Å². The van der Waals surface area contributed by atoms with Gasteiger partial charge in [-0.2, -0.15) is 0 Å². The monoisotopic (exact) mass is 518 g/mol. The predicted molar refractivity (Wildman–Crippen MR) is 146 cm³/mol. The second-order valence-electron chi connectivity index (χ2n) is 9.95. The van der Waals surface area contributed by atoms with Crippen molar-refractivity contribution in [1.82, 2.24) is 19.9 Å². The standard InChI is InChI=1S/C31H32N4.Ni/c1-7-19-12-20-13-25-16(4)21(8-2)28(33-25)14-26-17(5)22(9-3)29(34-26)15-27-18(6)23-10-11-24(30(19)32-20)31(23)35-27;/h12-15H,7-11H2,1-6H3;/q-2;+2. The molecule has 3 aromatic heterocycles. The van der Waals surface area contributed by atoms with Gasteiger partial charge in [0.1, 0.15) is 0 Å². The zero-order valence-electron chi connectivity index (χ0n) is 22.0. The van der Waals surface area contributed by atoms with Crippen molar-refractivity contribution in [3.63, 3.8) is 0 Å². The third-order valence-corrected chi connectivity index (χ3v) is 8.11. The maximum absolute atomic E-state index is 5.18. The summed E-state index contributed by atoms with van der Waals surface area (Å²) in [5.41, 5.74) is 18.8. The first-order chi connectivity index (χ1) is 16.9. The van der Waals surface area contributed by atoms with Crippen LogP contribution in [0.15, 0.2) is 18.2 Å². The summed E-state index contributed by atoms with van der Waals surface area (Å²) in [6.45, 7) is 13.2. The molecule has 36 heavy (non-hydrogen) atoms. The van der Waals surface area contributed by atoms with Crippen LogP contribution in [0.25, 0.3) is 44.9 Å². The molecule has 0 fully saturated rings. The van der Waals surface area contributed by atoms with Gasteiger partial charge in [-0.05, 0) is 81.2 Å². The molecule has 5 heteroatoms. The van der Waals surface area contributed by atoms with Gasteiger partial charge in [-0.3, -0.25) is 0 Å². The smallest absolute Gasteiger partial charge is 0.657 e. The number of fused-ring (bicyclic) bond motifs is 8. The Morgan fingerprint density at radius 2 is 1.47 bits per heavy atom. The summed E-state index contributed by atoms with van der Waals surface area (Å²) in [4.78, 5) is 20.5.